The average Bonchev–Trinajstić information content (AvgIpc) is 3.41. The van der Waals surface area contributed by atoms with Gasteiger partial charge in [-0.1, -0.05) is 233 Å². The first-order valence-corrected chi connectivity index (χ1v) is 29.7. The van der Waals surface area contributed by atoms with Crippen molar-refractivity contribution < 1.29 is 49.3 Å². The summed E-state index contributed by atoms with van der Waals surface area (Å²) in [7, 11) is 0. The highest BCUT2D eigenvalue weighted by atomic mass is 16.7. The lowest BCUT2D eigenvalue weighted by molar-refractivity contribution is -0.305. The van der Waals surface area contributed by atoms with Gasteiger partial charge < -0.3 is 45.1 Å². The van der Waals surface area contributed by atoms with Crippen molar-refractivity contribution >= 4 is 11.9 Å². The number of aliphatic hydroxyl groups is 5. The lowest BCUT2D eigenvalue weighted by Gasteiger charge is -2.41. The van der Waals surface area contributed by atoms with Crippen molar-refractivity contribution in [1.29, 1.82) is 0 Å². The summed E-state index contributed by atoms with van der Waals surface area (Å²) in [6, 6.07) is -1.04. The Kier molecular flexibility index (Phi) is 47.2. The molecule has 0 aromatic rings. The molecule has 0 bridgehead atoms. The van der Waals surface area contributed by atoms with E-state index in [0.717, 1.165) is 122 Å². The van der Waals surface area contributed by atoms with Crippen LogP contribution >= 0.6 is 0 Å². The van der Waals surface area contributed by atoms with E-state index in [4.69, 9.17) is 14.2 Å². The van der Waals surface area contributed by atoms with Gasteiger partial charge in [0.2, 0.25) is 5.91 Å². The number of carbonyl (C=O) groups excluding carboxylic acids is 2. The number of allylic oxidation sites excluding steroid dienone is 17. The van der Waals surface area contributed by atoms with E-state index in [1.165, 1.54) is 51.4 Å². The molecule has 1 heterocycles. The molecule has 0 spiro atoms. The Morgan fingerprint density at radius 3 is 1.59 bits per heavy atom. The van der Waals surface area contributed by atoms with Gasteiger partial charge in [-0.2, -0.15) is 0 Å². The van der Waals surface area contributed by atoms with Gasteiger partial charge in [0.15, 0.2) is 12.4 Å². The van der Waals surface area contributed by atoms with Crippen LogP contribution in [0.15, 0.2) is 109 Å². The molecule has 0 aromatic carbocycles. The zero-order chi connectivity index (χ0) is 54.7. The molecular formula is C64H107NO10. The van der Waals surface area contributed by atoms with Crippen molar-refractivity contribution in [2.24, 2.45) is 0 Å². The highest BCUT2D eigenvalue weighted by molar-refractivity contribution is 5.80. The molecule has 11 heteroatoms. The molecule has 0 aliphatic carbocycles. The minimum absolute atomic E-state index is 0.0769. The predicted octanol–water partition coefficient (Wildman–Crippen LogP) is 13.7. The Bertz CT molecular complexity index is 1630. The highest BCUT2D eigenvalue weighted by Gasteiger charge is 2.47. The minimum atomic E-state index is -1.64. The number of hydrogen-bond donors (Lipinski definition) is 6. The first-order chi connectivity index (χ1) is 36.7. The smallest absolute Gasteiger partial charge is 0.306 e. The second-order valence-electron chi connectivity index (χ2n) is 20.0. The first kappa shape index (κ1) is 69.3. The number of unbranched alkanes of at least 4 members (excludes halogenated alkanes) is 20. The second kappa shape index (κ2) is 51.1. The lowest BCUT2D eigenvalue weighted by Crippen LogP contribution is -2.61. The second-order valence-corrected chi connectivity index (χ2v) is 20.0. The van der Waals surface area contributed by atoms with Gasteiger partial charge >= 0.3 is 5.97 Å². The van der Waals surface area contributed by atoms with Crippen LogP contribution in [0.1, 0.15) is 220 Å². The number of nitrogens with one attached hydrogen (secondary N) is 1. The summed E-state index contributed by atoms with van der Waals surface area (Å²) in [4.78, 5) is 26.5. The number of amides is 1. The maximum absolute atomic E-state index is 13.4. The van der Waals surface area contributed by atoms with Crippen molar-refractivity contribution in [2.45, 2.75) is 269 Å². The van der Waals surface area contributed by atoms with Gasteiger partial charge in [-0.15, -0.1) is 0 Å². The Morgan fingerprint density at radius 2 is 1.03 bits per heavy atom. The molecule has 6 N–H and O–H groups in total. The Morgan fingerprint density at radius 1 is 0.547 bits per heavy atom. The van der Waals surface area contributed by atoms with E-state index in [9.17, 15) is 35.1 Å². The summed E-state index contributed by atoms with van der Waals surface area (Å²) >= 11 is 0. The predicted molar refractivity (Wildman–Crippen MR) is 310 cm³/mol. The number of hydrogen-bond acceptors (Lipinski definition) is 10. The van der Waals surface area contributed by atoms with Crippen molar-refractivity contribution in [1.82, 2.24) is 5.32 Å². The fraction of sp³-hybridized carbons (Fsp3) is 0.688. The van der Waals surface area contributed by atoms with Crippen LogP contribution in [0.4, 0.5) is 0 Å². The van der Waals surface area contributed by atoms with Gasteiger partial charge in [-0.25, -0.2) is 0 Å². The molecule has 1 aliphatic heterocycles. The minimum Gasteiger partial charge on any atom is -0.454 e. The molecule has 8 unspecified atom stereocenters. The van der Waals surface area contributed by atoms with Gasteiger partial charge in [-0.3, -0.25) is 9.59 Å². The fourth-order valence-electron chi connectivity index (χ4n) is 8.56. The molecule has 1 amide bonds. The summed E-state index contributed by atoms with van der Waals surface area (Å²) < 4.78 is 17.6. The molecular weight excluding hydrogens is 943 g/mol. The van der Waals surface area contributed by atoms with Crippen LogP contribution in [0.5, 0.6) is 0 Å². The number of carbonyl (C=O) groups is 2. The number of rotatable bonds is 48. The molecule has 428 valence electrons. The van der Waals surface area contributed by atoms with Crippen LogP contribution in [0, 0.1) is 0 Å². The van der Waals surface area contributed by atoms with Crippen LogP contribution in [-0.4, -0.2) is 99.6 Å². The van der Waals surface area contributed by atoms with Crippen LogP contribution in [0.25, 0.3) is 0 Å². The quantitative estimate of drug-likeness (QED) is 0.0149. The van der Waals surface area contributed by atoms with Gasteiger partial charge in [0.1, 0.15) is 24.4 Å². The third-order valence-corrected chi connectivity index (χ3v) is 13.2. The molecule has 0 radical (unpaired) electrons. The van der Waals surface area contributed by atoms with E-state index in [1.54, 1.807) is 6.08 Å². The zero-order valence-corrected chi connectivity index (χ0v) is 47.1. The van der Waals surface area contributed by atoms with Crippen molar-refractivity contribution in [2.75, 3.05) is 13.2 Å². The highest BCUT2D eigenvalue weighted by Crippen LogP contribution is 2.26. The molecule has 0 saturated carbocycles. The SMILES string of the molecule is CC/C=C\C/C=C\C/C=C\C/C=C\C/C=C\CCCCCC(=O)OC1C(OCC(NC(=O)C(O)CCCCCCCC/C=C/C=C/C=C/CC)C(O)/C=C/CCCCCCCCCCCCC)OC(CO)C(O)C1O. The van der Waals surface area contributed by atoms with E-state index in [2.05, 4.69) is 111 Å². The fourth-order valence-corrected chi connectivity index (χ4v) is 8.56. The van der Waals surface area contributed by atoms with E-state index >= 15 is 0 Å². The van der Waals surface area contributed by atoms with Crippen LogP contribution in [-0.2, 0) is 23.8 Å². The summed E-state index contributed by atoms with van der Waals surface area (Å²) in [6.07, 6.45) is 58.4. The average molecular weight is 1050 g/mol. The summed E-state index contributed by atoms with van der Waals surface area (Å²) in [6.45, 7) is 5.50. The molecule has 1 aliphatic rings. The van der Waals surface area contributed by atoms with E-state index < -0.39 is 67.4 Å². The summed E-state index contributed by atoms with van der Waals surface area (Å²) in [5, 5.41) is 56.9. The van der Waals surface area contributed by atoms with Crippen molar-refractivity contribution in [3.05, 3.63) is 109 Å². The Labute approximate surface area is 456 Å². The van der Waals surface area contributed by atoms with Gasteiger partial charge in [0.25, 0.3) is 0 Å². The van der Waals surface area contributed by atoms with Crippen molar-refractivity contribution in [3.8, 4) is 0 Å². The van der Waals surface area contributed by atoms with E-state index in [-0.39, 0.29) is 19.4 Å². The topological polar surface area (TPSA) is 175 Å². The summed E-state index contributed by atoms with van der Waals surface area (Å²) in [5.41, 5.74) is 0. The maximum atomic E-state index is 13.4. The molecule has 75 heavy (non-hydrogen) atoms. The van der Waals surface area contributed by atoms with Crippen molar-refractivity contribution in [3.63, 3.8) is 0 Å². The first-order valence-electron chi connectivity index (χ1n) is 29.7. The largest absolute Gasteiger partial charge is 0.454 e. The van der Waals surface area contributed by atoms with Crippen LogP contribution in [0.2, 0.25) is 0 Å². The number of ether oxygens (including phenoxy) is 3. The monoisotopic (exact) mass is 1050 g/mol. The van der Waals surface area contributed by atoms with Gasteiger partial charge in [-0.05, 0) is 89.9 Å². The third kappa shape index (κ3) is 39.4. The normalized spacial score (nSPS) is 20.0. The molecule has 11 nitrogen and oxygen atoms in total. The van der Waals surface area contributed by atoms with Gasteiger partial charge in [0.05, 0.1) is 25.4 Å². The lowest BCUT2D eigenvalue weighted by atomic mass is 9.99. The molecule has 1 saturated heterocycles. The van der Waals surface area contributed by atoms with Gasteiger partial charge in [0, 0.05) is 6.42 Å². The number of esters is 1. The standard InChI is InChI=1S/C64H107NO10/c1-4-7-10-13-16-19-22-25-27-28-29-30-31-34-37-40-43-46-49-52-59(69)75-62-61(71)60(70)58(53-66)74-64(62)73-54-55(56(67)50-47-44-41-38-35-32-24-21-18-15-12-9-6-3)65-63(72)57(68)51-48-45-42-39-36-33-26-23-20-17-14-11-8-5-2/h7-8,10-11,14,16-17,19-20,23,25,27,29-30,34,37,47,50,55-58,60-62,64,66-68,70-71H,4-6,9,12-13,15,18,21-22,24,26,28,31-33,35-36,38-46,48-49,51-54H2,1-3H3,(H,65,72)/b10-7-,11-8+,17-14+,19-16-,23-20+,27-25-,30-29-,37-34-,50-47+. The third-order valence-electron chi connectivity index (χ3n) is 13.2. The van der Waals surface area contributed by atoms with E-state index in [1.807, 2.05) is 18.2 Å². The maximum Gasteiger partial charge on any atom is 0.306 e. The van der Waals surface area contributed by atoms with Crippen LogP contribution < -0.4 is 5.32 Å². The molecule has 0 aromatic heterocycles. The zero-order valence-electron chi connectivity index (χ0n) is 47.1. The molecule has 1 rings (SSSR count). The van der Waals surface area contributed by atoms with E-state index in [0.29, 0.717) is 12.8 Å². The molecule has 1 fully saturated rings. The summed E-state index contributed by atoms with van der Waals surface area (Å²) in [5.74, 6) is -1.25. The van der Waals surface area contributed by atoms with Crippen LogP contribution in [0.3, 0.4) is 0 Å². The molecule has 8 atom stereocenters. The Hall–Kier alpha value is -3.68. The number of aliphatic hydroxyl groups excluding tert-OH is 5. The Balaban J connectivity index is 2.75.